The SMILES string of the molecule is Cc1cc(S(=O)(=O)NC2CCC(F)(F)CC2)ccc1-c1ccc2c(c1C)C(N)=NC2. The molecule has 0 bridgehead atoms. The smallest absolute Gasteiger partial charge is 0.248 e. The number of rotatable bonds is 4. The Morgan fingerprint density at radius 1 is 1.10 bits per heavy atom. The number of fused-ring (bicyclic) bond motifs is 1. The molecule has 0 aromatic heterocycles. The minimum atomic E-state index is -3.78. The monoisotopic (exact) mass is 433 g/mol. The largest absolute Gasteiger partial charge is 0.383 e. The Morgan fingerprint density at radius 3 is 2.43 bits per heavy atom. The molecule has 0 unspecified atom stereocenters. The summed E-state index contributed by atoms with van der Waals surface area (Å²) in [7, 11) is -3.78. The van der Waals surface area contributed by atoms with Crippen molar-refractivity contribution in [3.8, 4) is 11.1 Å². The van der Waals surface area contributed by atoms with E-state index in [4.69, 9.17) is 5.73 Å². The normalized spacial score (nSPS) is 18.9. The molecule has 1 heterocycles. The van der Waals surface area contributed by atoms with Gasteiger partial charge in [0.15, 0.2) is 0 Å². The molecular formula is C22H25F2N3O2S. The molecule has 2 aliphatic rings. The van der Waals surface area contributed by atoms with Gasteiger partial charge in [0.2, 0.25) is 15.9 Å². The number of aryl methyl sites for hydroxylation is 1. The van der Waals surface area contributed by atoms with Crippen molar-refractivity contribution in [2.45, 2.75) is 62.9 Å². The maximum atomic E-state index is 13.3. The second kappa shape index (κ2) is 7.42. The van der Waals surface area contributed by atoms with Gasteiger partial charge in [0.1, 0.15) is 5.84 Å². The van der Waals surface area contributed by atoms with Crippen LogP contribution in [0.2, 0.25) is 0 Å². The van der Waals surface area contributed by atoms with Crippen molar-refractivity contribution in [3.05, 3.63) is 52.6 Å². The zero-order valence-corrected chi connectivity index (χ0v) is 17.8. The fraction of sp³-hybridized carbons (Fsp3) is 0.409. The summed E-state index contributed by atoms with van der Waals surface area (Å²) < 4.78 is 54.9. The molecule has 2 aromatic rings. The van der Waals surface area contributed by atoms with Crippen molar-refractivity contribution in [1.29, 1.82) is 0 Å². The van der Waals surface area contributed by atoms with Gasteiger partial charge >= 0.3 is 0 Å². The van der Waals surface area contributed by atoms with Crippen LogP contribution in [-0.4, -0.2) is 26.2 Å². The summed E-state index contributed by atoms with van der Waals surface area (Å²) in [5.74, 6) is -2.16. The summed E-state index contributed by atoms with van der Waals surface area (Å²) in [5.41, 5.74) is 11.8. The Balaban J connectivity index is 1.60. The summed E-state index contributed by atoms with van der Waals surface area (Å²) in [6.07, 6.45) is -0.300. The van der Waals surface area contributed by atoms with Gasteiger partial charge in [-0.05, 0) is 66.6 Å². The van der Waals surface area contributed by atoms with Crippen molar-refractivity contribution >= 4 is 15.9 Å². The first-order valence-corrected chi connectivity index (χ1v) is 11.5. The van der Waals surface area contributed by atoms with Crippen molar-refractivity contribution in [1.82, 2.24) is 4.72 Å². The van der Waals surface area contributed by atoms with Crippen molar-refractivity contribution in [2.75, 3.05) is 0 Å². The minimum absolute atomic E-state index is 0.139. The number of amidine groups is 1. The highest BCUT2D eigenvalue weighted by molar-refractivity contribution is 7.89. The lowest BCUT2D eigenvalue weighted by molar-refractivity contribution is -0.0387. The summed E-state index contributed by atoms with van der Waals surface area (Å²) in [6, 6.07) is 8.53. The van der Waals surface area contributed by atoms with E-state index in [0.29, 0.717) is 12.4 Å². The van der Waals surface area contributed by atoms with Gasteiger partial charge < -0.3 is 5.73 Å². The number of nitrogens with two attached hydrogens (primary N) is 1. The Bertz CT molecular complexity index is 1130. The van der Waals surface area contributed by atoms with Crippen LogP contribution in [0.25, 0.3) is 11.1 Å². The van der Waals surface area contributed by atoms with Crippen LogP contribution in [0.1, 0.15) is 47.9 Å². The third-order valence-electron chi connectivity index (χ3n) is 6.06. The van der Waals surface area contributed by atoms with Crippen LogP contribution in [0.15, 0.2) is 40.2 Å². The van der Waals surface area contributed by atoms with Crippen LogP contribution in [-0.2, 0) is 16.6 Å². The van der Waals surface area contributed by atoms with E-state index >= 15 is 0 Å². The molecule has 1 aliphatic carbocycles. The first-order chi connectivity index (χ1) is 14.1. The lowest BCUT2D eigenvalue weighted by atomic mass is 9.91. The molecule has 0 amide bonds. The molecule has 2 aromatic carbocycles. The average Bonchev–Trinajstić information content (AvgIpc) is 3.06. The third-order valence-corrected chi connectivity index (χ3v) is 7.58. The highest BCUT2D eigenvalue weighted by Gasteiger charge is 2.36. The highest BCUT2D eigenvalue weighted by Crippen LogP contribution is 2.35. The number of hydrogen-bond acceptors (Lipinski definition) is 4. The predicted molar refractivity (Wildman–Crippen MR) is 113 cm³/mol. The van der Waals surface area contributed by atoms with E-state index in [9.17, 15) is 17.2 Å². The zero-order valence-electron chi connectivity index (χ0n) is 17.0. The van der Waals surface area contributed by atoms with Gasteiger partial charge in [-0.3, -0.25) is 4.99 Å². The number of sulfonamides is 1. The number of benzene rings is 2. The molecule has 3 N–H and O–H groups in total. The topological polar surface area (TPSA) is 84.5 Å². The Labute approximate surface area is 175 Å². The van der Waals surface area contributed by atoms with Crippen LogP contribution in [0.5, 0.6) is 0 Å². The van der Waals surface area contributed by atoms with E-state index in [-0.39, 0.29) is 30.6 Å². The van der Waals surface area contributed by atoms with Gasteiger partial charge in [0, 0.05) is 24.4 Å². The number of nitrogens with one attached hydrogen (secondary N) is 1. The van der Waals surface area contributed by atoms with E-state index in [1.165, 1.54) is 0 Å². The van der Waals surface area contributed by atoms with Crippen molar-refractivity contribution in [3.63, 3.8) is 0 Å². The number of nitrogens with zero attached hydrogens (tertiary/aromatic N) is 1. The van der Waals surface area contributed by atoms with Gasteiger partial charge in [-0.2, -0.15) is 0 Å². The molecule has 4 rings (SSSR count). The highest BCUT2D eigenvalue weighted by atomic mass is 32.2. The molecule has 0 saturated heterocycles. The molecule has 5 nitrogen and oxygen atoms in total. The van der Waals surface area contributed by atoms with Crippen molar-refractivity contribution < 1.29 is 17.2 Å². The third kappa shape index (κ3) is 3.86. The zero-order chi connectivity index (χ0) is 21.7. The number of halogens is 2. The fourth-order valence-electron chi connectivity index (χ4n) is 4.35. The van der Waals surface area contributed by atoms with Crippen LogP contribution in [0, 0.1) is 13.8 Å². The Morgan fingerprint density at radius 2 is 1.77 bits per heavy atom. The van der Waals surface area contributed by atoms with Gasteiger partial charge in [-0.1, -0.05) is 18.2 Å². The molecule has 1 aliphatic heterocycles. The van der Waals surface area contributed by atoms with Gasteiger partial charge in [-0.25, -0.2) is 21.9 Å². The van der Waals surface area contributed by atoms with Crippen LogP contribution >= 0.6 is 0 Å². The fourth-order valence-corrected chi connectivity index (χ4v) is 5.74. The minimum Gasteiger partial charge on any atom is -0.383 e. The molecule has 1 saturated carbocycles. The van der Waals surface area contributed by atoms with Gasteiger partial charge in [0.25, 0.3) is 0 Å². The lowest BCUT2D eigenvalue weighted by Crippen LogP contribution is -2.40. The Kier molecular flexibility index (Phi) is 5.18. The van der Waals surface area contributed by atoms with E-state index in [2.05, 4.69) is 9.71 Å². The van der Waals surface area contributed by atoms with Gasteiger partial charge in [0.05, 0.1) is 11.4 Å². The summed E-state index contributed by atoms with van der Waals surface area (Å²) in [4.78, 5) is 4.43. The van der Waals surface area contributed by atoms with Crippen LogP contribution in [0.3, 0.4) is 0 Å². The molecule has 0 atom stereocenters. The number of aliphatic imine (C=N–C) groups is 1. The van der Waals surface area contributed by atoms with Gasteiger partial charge in [-0.15, -0.1) is 0 Å². The molecular weight excluding hydrogens is 408 g/mol. The maximum absolute atomic E-state index is 13.3. The molecule has 0 radical (unpaired) electrons. The summed E-state index contributed by atoms with van der Waals surface area (Å²) in [5, 5.41) is 0. The van der Waals surface area contributed by atoms with Crippen molar-refractivity contribution in [2.24, 2.45) is 10.7 Å². The Hall–Kier alpha value is -2.32. The van der Waals surface area contributed by atoms with Crippen LogP contribution < -0.4 is 10.5 Å². The molecule has 1 fully saturated rings. The molecule has 160 valence electrons. The lowest BCUT2D eigenvalue weighted by Gasteiger charge is -2.28. The quantitative estimate of drug-likeness (QED) is 0.763. The van der Waals surface area contributed by atoms with E-state index in [1.54, 1.807) is 18.2 Å². The number of alkyl halides is 2. The summed E-state index contributed by atoms with van der Waals surface area (Å²) in [6.45, 7) is 4.43. The maximum Gasteiger partial charge on any atom is 0.248 e. The first kappa shape index (κ1) is 20.9. The number of hydrogen-bond donors (Lipinski definition) is 2. The summed E-state index contributed by atoms with van der Waals surface area (Å²) >= 11 is 0. The molecule has 0 spiro atoms. The second-order valence-corrected chi connectivity index (χ2v) is 9.92. The first-order valence-electron chi connectivity index (χ1n) is 10.0. The van der Waals surface area contributed by atoms with E-state index in [1.807, 2.05) is 26.0 Å². The predicted octanol–water partition coefficient (Wildman–Crippen LogP) is 4.05. The molecule has 8 heteroatoms. The van der Waals surface area contributed by atoms with Crippen LogP contribution in [0.4, 0.5) is 8.78 Å². The molecule has 30 heavy (non-hydrogen) atoms. The average molecular weight is 434 g/mol. The van der Waals surface area contributed by atoms with E-state index < -0.39 is 22.0 Å². The second-order valence-electron chi connectivity index (χ2n) is 8.20. The van der Waals surface area contributed by atoms with E-state index in [0.717, 1.165) is 33.4 Å². The standard InChI is InChI=1S/C22H25F2N3O2S/c1-13-11-17(30(28,29)27-16-7-9-22(23,24)10-8-16)4-6-18(13)19-5-3-15-12-26-21(25)20(15)14(19)2/h3-6,11,16,27H,7-10,12H2,1-2H3,(H2,25,26).